The van der Waals surface area contributed by atoms with Crippen LogP contribution >= 0.6 is 23.2 Å². The van der Waals surface area contributed by atoms with E-state index in [1.54, 1.807) is 43.3 Å². The van der Waals surface area contributed by atoms with Crippen molar-refractivity contribution in [3.63, 3.8) is 0 Å². The fourth-order valence-electron chi connectivity index (χ4n) is 2.85. The lowest BCUT2D eigenvalue weighted by molar-refractivity contribution is 0.252. The third-order valence-corrected chi connectivity index (χ3v) is 4.68. The quantitative estimate of drug-likeness (QED) is 0.597. The van der Waals surface area contributed by atoms with Crippen molar-refractivity contribution in [2.75, 3.05) is 11.9 Å². The van der Waals surface area contributed by atoms with E-state index in [2.05, 4.69) is 15.6 Å². The average molecular weight is 420 g/mol. The van der Waals surface area contributed by atoms with Crippen molar-refractivity contribution >= 4 is 45.8 Å². The first-order valence-electron chi connectivity index (χ1n) is 8.65. The highest BCUT2D eigenvalue weighted by molar-refractivity contribution is 6.39. The third kappa shape index (κ3) is 3.82. The van der Waals surface area contributed by atoms with Gasteiger partial charge >= 0.3 is 6.03 Å². The van der Waals surface area contributed by atoms with Crippen molar-refractivity contribution in [3.05, 3.63) is 62.6 Å². The van der Waals surface area contributed by atoms with Crippen LogP contribution < -0.4 is 21.9 Å². The highest BCUT2D eigenvalue weighted by Gasteiger charge is 2.19. The molecule has 2 amide bonds. The van der Waals surface area contributed by atoms with Crippen LogP contribution in [0.5, 0.6) is 0 Å². The van der Waals surface area contributed by atoms with E-state index in [1.807, 2.05) is 6.92 Å². The van der Waals surface area contributed by atoms with Crippen LogP contribution in [0.1, 0.15) is 25.7 Å². The van der Waals surface area contributed by atoms with Gasteiger partial charge in [-0.15, -0.1) is 0 Å². The number of hydrogen-bond acceptors (Lipinski definition) is 4. The topological polar surface area (TPSA) is 102 Å². The number of carbonyl (C=O) groups is 1. The van der Waals surface area contributed by atoms with E-state index in [9.17, 15) is 9.59 Å². The van der Waals surface area contributed by atoms with E-state index in [0.29, 0.717) is 34.3 Å². The van der Waals surface area contributed by atoms with Crippen LogP contribution in [-0.2, 0) is 0 Å². The number of fused-ring (bicyclic) bond motifs is 1. The fourth-order valence-corrected chi connectivity index (χ4v) is 3.28. The number of rotatable bonds is 4. The lowest BCUT2D eigenvalue weighted by atomic mass is 10.2. The van der Waals surface area contributed by atoms with Gasteiger partial charge in [0.15, 0.2) is 0 Å². The summed E-state index contributed by atoms with van der Waals surface area (Å²) in [5, 5.41) is 6.14. The molecule has 2 aromatic carbocycles. The molecule has 1 unspecified atom stereocenters. The molecule has 3 aromatic rings. The number of carbonyl (C=O) groups excluding carboxylic acids is 1. The Morgan fingerprint density at radius 2 is 1.96 bits per heavy atom. The molecule has 9 heteroatoms. The summed E-state index contributed by atoms with van der Waals surface area (Å²) in [4.78, 5) is 29.6. The molecule has 0 fully saturated rings. The van der Waals surface area contributed by atoms with Crippen molar-refractivity contribution in [2.45, 2.75) is 19.9 Å². The molecule has 0 radical (unpaired) electrons. The zero-order valence-corrected chi connectivity index (χ0v) is 16.8. The van der Waals surface area contributed by atoms with E-state index in [4.69, 9.17) is 28.9 Å². The van der Waals surface area contributed by atoms with E-state index >= 15 is 0 Å². The van der Waals surface area contributed by atoms with Gasteiger partial charge in [0.25, 0.3) is 5.56 Å². The Hall–Kier alpha value is -2.61. The number of hydrogen-bond donors (Lipinski definition) is 3. The molecule has 1 atom stereocenters. The molecule has 146 valence electrons. The molecule has 0 aliphatic rings. The van der Waals surface area contributed by atoms with Crippen LogP contribution in [0.4, 0.5) is 10.5 Å². The summed E-state index contributed by atoms with van der Waals surface area (Å²) in [7, 11) is 0. The van der Waals surface area contributed by atoms with E-state index in [0.717, 1.165) is 0 Å². The average Bonchev–Trinajstić information content (AvgIpc) is 2.64. The van der Waals surface area contributed by atoms with Gasteiger partial charge in [-0.05, 0) is 44.2 Å². The van der Waals surface area contributed by atoms with Gasteiger partial charge in [0.05, 0.1) is 32.7 Å². The van der Waals surface area contributed by atoms with E-state index in [1.165, 1.54) is 4.57 Å². The number of urea groups is 1. The standard InChI is InChI=1S/C19H19Cl2N5O2/c1-3-23-19(28)24-11-5-4-6-12(9-11)26-17(10(2)22)25-16-14(21)8-7-13(20)15(16)18(26)27/h4-10H,3,22H2,1-2H3,(H2,23,24,28). The third-order valence-electron chi connectivity index (χ3n) is 4.06. The first-order valence-corrected chi connectivity index (χ1v) is 9.40. The minimum atomic E-state index is -0.549. The van der Waals surface area contributed by atoms with Gasteiger partial charge in [-0.1, -0.05) is 29.3 Å². The zero-order chi connectivity index (χ0) is 20.4. The molecule has 0 aliphatic carbocycles. The number of amides is 2. The van der Waals surface area contributed by atoms with Gasteiger partial charge in [-0.2, -0.15) is 0 Å². The monoisotopic (exact) mass is 419 g/mol. The number of aromatic nitrogens is 2. The SMILES string of the molecule is CCNC(=O)Nc1cccc(-n2c(C(C)N)nc3c(Cl)ccc(Cl)c3c2=O)c1. The zero-order valence-electron chi connectivity index (χ0n) is 15.3. The highest BCUT2D eigenvalue weighted by atomic mass is 35.5. The minimum Gasteiger partial charge on any atom is -0.338 e. The molecule has 0 saturated carbocycles. The van der Waals surface area contributed by atoms with Crippen LogP contribution in [-0.4, -0.2) is 22.1 Å². The maximum atomic E-state index is 13.3. The Morgan fingerprint density at radius 1 is 1.25 bits per heavy atom. The number of halogens is 2. The molecule has 0 spiro atoms. The van der Waals surface area contributed by atoms with Crippen molar-refractivity contribution in [2.24, 2.45) is 5.73 Å². The van der Waals surface area contributed by atoms with Crippen LogP contribution in [0.2, 0.25) is 10.0 Å². The van der Waals surface area contributed by atoms with Crippen molar-refractivity contribution in [1.29, 1.82) is 0 Å². The molecule has 28 heavy (non-hydrogen) atoms. The molecule has 3 rings (SSSR count). The first-order chi connectivity index (χ1) is 13.3. The predicted octanol–water partition coefficient (Wildman–Crippen LogP) is 3.85. The first kappa shape index (κ1) is 20.1. The molecular weight excluding hydrogens is 401 g/mol. The van der Waals surface area contributed by atoms with Gasteiger partial charge in [-0.25, -0.2) is 9.78 Å². The maximum absolute atomic E-state index is 13.3. The Bertz CT molecular complexity index is 1110. The molecular formula is C19H19Cl2N5O2. The number of nitrogens with one attached hydrogen (secondary N) is 2. The molecule has 4 N–H and O–H groups in total. The number of nitrogens with zero attached hydrogens (tertiary/aromatic N) is 2. The number of anilines is 1. The van der Waals surface area contributed by atoms with Gasteiger partial charge in [0.1, 0.15) is 5.82 Å². The Morgan fingerprint density at radius 3 is 2.64 bits per heavy atom. The second-order valence-electron chi connectivity index (χ2n) is 6.19. The van der Waals surface area contributed by atoms with Crippen molar-refractivity contribution in [1.82, 2.24) is 14.9 Å². The second-order valence-corrected chi connectivity index (χ2v) is 7.00. The van der Waals surface area contributed by atoms with Crippen LogP contribution in [0.15, 0.2) is 41.2 Å². The summed E-state index contributed by atoms with van der Waals surface area (Å²) in [5.41, 5.74) is 7.01. The van der Waals surface area contributed by atoms with Gasteiger partial charge in [-0.3, -0.25) is 9.36 Å². The highest BCUT2D eigenvalue weighted by Crippen LogP contribution is 2.28. The molecule has 0 saturated heterocycles. The summed E-state index contributed by atoms with van der Waals surface area (Å²) in [5.74, 6) is 0.330. The normalized spacial score (nSPS) is 12.0. The Labute approximate surface area is 171 Å². The largest absolute Gasteiger partial charge is 0.338 e. The van der Waals surface area contributed by atoms with Gasteiger partial charge in [0.2, 0.25) is 0 Å². The number of benzene rings is 2. The Kier molecular flexibility index (Phi) is 5.88. The fraction of sp³-hybridized carbons (Fsp3) is 0.211. The maximum Gasteiger partial charge on any atom is 0.319 e. The Balaban J connectivity index is 2.24. The summed E-state index contributed by atoms with van der Waals surface area (Å²) >= 11 is 12.5. The van der Waals surface area contributed by atoms with Gasteiger partial charge < -0.3 is 16.4 Å². The molecule has 1 heterocycles. The smallest absolute Gasteiger partial charge is 0.319 e. The molecule has 1 aromatic heterocycles. The minimum absolute atomic E-state index is 0.209. The summed E-state index contributed by atoms with van der Waals surface area (Å²) in [6, 6.07) is 9.07. The van der Waals surface area contributed by atoms with Crippen LogP contribution in [0.3, 0.4) is 0 Å². The van der Waals surface area contributed by atoms with Crippen molar-refractivity contribution in [3.8, 4) is 5.69 Å². The van der Waals surface area contributed by atoms with Crippen LogP contribution in [0, 0.1) is 0 Å². The summed E-state index contributed by atoms with van der Waals surface area (Å²) in [6.45, 7) is 4.03. The number of nitrogens with two attached hydrogens (primary N) is 1. The lowest BCUT2D eigenvalue weighted by Crippen LogP contribution is -2.29. The summed E-state index contributed by atoms with van der Waals surface area (Å²) < 4.78 is 1.39. The molecule has 7 nitrogen and oxygen atoms in total. The van der Waals surface area contributed by atoms with E-state index < -0.39 is 6.04 Å². The van der Waals surface area contributed by atoms with Crippen molar-refractivity contribution < 1.29 is 4.79 Å². The second kappa shape index (κ2) is 8.18. The predicted molar refractivity (Wildman–Crippen MR) is 113 cm³/mol. The molecule has 0 aliphatic heterocycles. The van der Waals surface area contributed by atoms with Crippen LogP contribution in [0.25, 0.3) is 16.6 Å². The van der Waals surface area contributed by atoms with Gasteiger partial charge in [0, 0.05) is 12.2 Å². The lowest BCUT2D eigenvalue weighted by Gasteiger charge is -2.17. The van der Waals surface area contributed by atoms with E-state index in [-0.39, 0.29) is 22.0 Å². The molecule has 0 bridgehead atoms. The summed E-state index contributed by atoms with van der Waals surface area (Å²) in [6.07, 6.45) is 0.